The Bertz CT molecular complexity index is 744. The summed E-state index contributed by atoms with van der Waals surface area (Å²) < 4.78 is 5.57. The van der Waals surface area contributed by atoms with Gasteiger partial charge in [0.15, 0.2) is 0 Å². The molecule has 146 valence electrons. The molecule has 2 rings (SSSR count). The average Bonchev–Trinajstić information content (AvgIpc) is 3.08. The van der Waals surface area contributed by atoms with Crippen molar-refractivity contribution in [1.29, 1.82) is 0 Å². The van der Waals surface area contributed by atoms with Crippen LogP contribution in [0.4, 0.5) is 0 Å². The number of ether oxygens (including phenoxy) is 1. The van der Waals surface area contributed by atoms with Crippen LogP contribution in [-0.4, -0.2) is 40.4 Å². The van der Waals surface area contributed by atoms with Gasteiger partial charge in [0.25, 0.3) is 5.91 Å². The van der Waals surface area contributed by atoms with E-state index in [1.807, 2.05) is 58.0 Å². The number of hydrogen-bond acceptors (Lipinski definition) is 5. The summed E-state index contributed by atoms with van der Waals surface area (Å²) in [4.78, 5) is 30.7. The van der Waals surface area contributed by atoms with Crippen LogP contribution in [0.2, 0.25) is 0 Å². The van der Waals surface area contributed by atoms with Gasteiger partial charge in [-0.2, -0.15) is 0 Å². The molecular formula is C20H27N3O3S. The molecule has 1 N–H and O–H groups in total. The fraction of sp³-hybridized carbons (Fsp3) is 0.450. The van der Waals surface area contributed by atoms with Crippen LogP contribution in [0.15, 0.2) is 35.7 Å². The lowest BCUT2D eigenvalue weighted by molar-refractivity contribution is -0.139. The molecule has 0 saturated heterocycles. The Morgan fingerprint density at radius 1 is 1.19 bits per heavy atom. The fourth-order valence-corrected chi connectivity index (χ4v) is 3.21. The van der Waals surface area contributed by atoms with Gasteiger partial charge < -0.3 is 15.0 Å². The minimum absolute atomic E-state index is 0.00895. The van der Waals surface area contributed by atoms with Crippen molar-refractivity contribution in [2.45, 2.75) is 52.9 Å². The molecule has 1 aromatic carbocycles. The van der Waals surface area contributed by atoms with Gasteiger partial charge in [0.05, 0.1) is 13.2 Å². The van der Waals surface area contributed by atoms with Gasteiger partial charge in [-0.3, -0.25) is 9.59 Å². The van der Waals surface area contributed by atoms with E-state index in [0.29, 0.717) is 18.8 Å². The first-order chi connectivity index (χ1) is 12.9. The number of carbonyl (C=O) groups is 2. The first-order valence-electron chi connectivity index (χ1n) is 9.03. The summed E-state index contributed by atoms with van der Waals surface area (Å²) >= 11 is 1.38. The summed E-state index contributed by atoms with van der Waals surface area (Å²) in [6.45, 7) is 8.49. The van der Waals surface area contributed by atoms with Gasteiger partial charge in [-0.25, -0.2) is 4.98 Å². The normalized spacial score (nSPS) is 11.0. The van der Waals surface area contributed by atoms with Crippen LogP contribution in [0.5, 0.6) is 0 Å². The molecule has 27 heavy (non-hydrogen) atoms. The molecule has 6 nitrogen and oxygen atoms in total. The second kappa shape index (κ2) is 10.2. The van der Waals surface area contributed by atoms with Gasteiger partial charge in [-0.05, 0) is 33.3 Å². The van der Waals surface area contributed by atoms with Crippen molar-refractivity contribution >= 4 is 23.2 Å². The quantitative estimate of drug-likeness (QED) is 0.715. The van der Waals surface area contributed by atoms with E-state index in [0.717, 1.165) is 10.6 Å². The summed E-state index contributed by atoms with van der Waals surface area (Å²) in [5, 5.41) is 5.27. The lowest BCUT2D eigenvalue weighted by Gasteiger charge is -2.25. The third-order valence-electron chi connectivity index (χ3n) is 3.79. The minimum atomic E-state index is -0.193. The highest BCUT2D eigenvalue weighted by atomic mass is 32.1. The number of hydrogen-bond donors (Lipinski definition) is 1. The van der Waals surface area contributed by atoms with Crippen molar-refractivity contribution in [3.05, 3.63) is 52.0 Å². The van der Waals surface area contributed by atoms with E-state index in [9.17, 15) is 9.59 Å². The predicted molar refractivity (Wildman–Crippen MR) is 107 cm³/mol. The molecule has 0 unspecified atom stereocenters. The van der Waals surface area contributed by atoms with Crippen molar-refractivity contribution in [2.24, 2.45) is 0 Å². The number of carbonyl (C=O) groups excluding carboxylic acids is 2. The number of rotatable bonds is 9. The van der Waals surface area contributed by atoms with Gasteiger partial charge in [0, 0.05) is 17.5 Å². The van der Waals surface area contributed by atoms with Gasteiger partial charge in [-0.15, -0.1) is 11.3 Å². The summed E-state index contributed by atoms with van der Waals surface area (Å²) in [6.07, 6.45) is 0. The maximum Gasteiger partial charge on any atom is 0.270 e. The van der Waals surface area contributed by atoms with E-state index in [4.69, 9.17) is 4.74 Å². The highest BCUT2D eigenvalue weighted by Gasteiger charge is 2.20. The number of nitrogens with zero attached hydrogens (tertiary/aromatic N) is 2. The summed E-state index contributed by atoms with van der Waals surface area (Å²) in [7, 11) is 0. The molecule has 0 aliphatic carbocycles. The molecule has 0 saturated carbocycles. The average molecular weight is 390 g/mol. The van der Waals surface area contributed by atoms with E-state index in [1.54, 1.807) is 10.3 Å². The van der Waals surface area contributed by atoms with Crippen molar-refractivity contribution in [3.8, 4) is 0 Å². The summed E-state index contributed by atoms with van der Waals surface area (Å²) in [5.41, 5.74) is 1.42. The zero-order chi connectivity index (χ0) is 19.8. The molecule has 0 fully saturated rings. The maximum absolute atomic E-state index is 12.6. The van der Waals surface area contributed by atoms with E-state index < -0.39 is 0 Å². The van der Waals surface area contributed by atoms with E-state index in [1.165, 1.54) is 11.3 Å². The molecule has 0 spiro atoms. The minimum Gasteiger partial charge on any atom is -0.367 e. The first-order valence-corrected chi connectivity index (χ1v) is 9.91. The van der Waals surface area contributed by atoms with E-state index in [2.05, 4.69) is 10.3 Å². The largest absolute Gasteiger partial charge is 0.367 e. The number of nitrogens with one attached hydrogen (secondary N) is 1. The van der Waals surface area contributed by atoms with Crippen LogP contribution in [0, 0.1) is 0 Å². The molecule has 2 amide bonds. The SMILES string of the molecule is CC(C)NC(=O)c1csc(CN(C(=O)COCc2ccccc2)C(C)C)n1. The van der Waals surface area contributed by atoms with Crippen molar-refractivity contribution in [3.63, 3.8) is 0 Å². The third-order valence-corrected chi connectivity index (χ3v) is 4.62. The zero-order valence-corrected chi connectivity index (χ0v) is 17.1. The standard InChI is InChI=1S/C20H27N3O3S/c1-14(2)21-20(25)17-13-27-18(22-17)10-23(15(3)4)19(24)12-26-11-16-8-6-5-7-9-16/h5-9,13-15H,10-12H2,1-4H3,(H,21,25). The molecule has 1 aromatic heterocycles. The van der Waals surface area contributed by atoms with Crippen LogP contribution in [0.1, 0.15) is 48.8 Å². The predicted octanol–water partition coefficient (Wildman–Crippen LogP) is 3.24. The van der Waals surface area contributed by atoms with Crippen LogP contribution < -0.4 is 5.32 Å². The van der Waals surface area contributed by atoms with Crippen LogP contribution >= 0.6 is 11.3 Å². The number of amides is 2. The number of benzene rings is 1. The molecule has 0 bridgehead atoms. The summed E-state index contributed by atoms with van der Waals surface area (Å²) in [5.74, 6) is -0.287. The van der Waals surface area contributed by atoms with Gasteiger partial charge >= 0.3 is 0 Å². The first kappa shape index (κ1) is 21.1. The van der Waals surface area contributed by atoms with Gasteiger partial charge in [0.2, 0.25) is 5.91 Å². The molecule has 0 radical (unpaired) electrons. The smallest absolute Gasteiger partial charge is 0.270 e. The second-order valence-electron chi connectivity index (χ2n) is 6.85. The fourth-order valence-electron chi connectivity index (χ4n) is 2.44. The number of thiazole rings is 1. The lowest BCUT2D eigenvalue weighted by Crippen LogP contribution is -2.38. The molecule has 2 aromatic rings. The van der Waals surface area contributed by atoms with E-state index >= 15 is 0 Å². The molecular weight excluding hydrogens is 362 g/mol. The van der Waals surface area contributed by atoms with Crippen molar-refractivity contribution < 1.29 is 14.3 Å². The van der Waals surface area contributed by atoms with E-state index in [-0.39, 0.29) is 30.5 Å². The Morgan fingerprint density at radius 2 is 1.89 bits per heavy atom. The number of aromatic nitrogens is 1. The van der Waals surface area contributed by atoms with Gasteiger partial charge in [0.1, 0.15) is 17.3 Å². The zero-order valence-electron chi connectivity index (χ0n) is 16.3. The highest BCUT2D eigenvalue weighted by Crippen LogP contribution is 2.15. The monoisotopic (exact) mass is 389 g/mol. The summed E-state index contributed by atoms with van der Waals surface area (Å²) in [6, 6.07) is 9.81. The van der Waals surface area contributed by atoms with Crippen LogP contribution in [0.25, 0.3) is 0 Å². The molecule has 1 heterocycles. The molecule has 7 heteroatoms. The lowest BCUT2D eigenvalue weighted by atomic mass is 10.2. The highest BCUT2D eigenvalue weighted by molar-refractivity contribution is 7.09. The topological polar surface area (TPSA) is 71.5 Å². The molecule has 0 atom stereocenters. The van der Waals surface area contributed by atoms with Crippen molar-refractivity contribution in [1.82, 2.24) is 15.2 Å². The Labute approximate surface area is 164 Å². The maximum atomic E-state index is 12.6. The van der Waals surface area contributed by atoms with Gasteiger partial charge in [-0.1, -0.05) is 30.3 Å². The Kier molecular flexibility index (Phi) is 7.94. The molecule has 0 aliphatic rings. The van der Waals surface area contributed by atoms with Crippen LogP contribution in [0.3, 0.4) is 0 Å². The molecule has 0 aliphatic heterocycles. The van der Waals surface area contributed by atoms with Crippen molar-refractivity contribution in [2.75, 3.05) is 6.61 Å². The van der Waals surface area contributed by atoms with Crippen LogP contribution in [-0.2, 0) is 22.7 Å². The third kappa shape index (κ3) is 6.77. The Morgan fingerprint density at radius 3 is 2.52 bits per heavy atom. The second-order valence-corrected chi connectivity index (χ2v) is 7.79. The Balaban J connectivity index is 1.91. The Hall–Kier alpha value is -2.25.